The molecule has 1 aromatic heterocycles. The van der Waals surface area contributed by atoms with Crippen molar-refractivity contribution in [1.29, 1.82) is 0 Å². The lowest BCUT2D eigenvalue weighted by atomic mass is 9.99. The van der Waals surface area contributed by atoms with Crippen LogP contribution in [0, 0.1) is 6.92 Å². The summed E-state index contributed by atoms with van der Waals surface area (Å²) in [5.41, 5.74) is 3.28. The first kappa shape index (κ1) is 16.6. The molecule has 2 aromatic rings. The number of ether oxygens (including phenoxy) is 2. The summed E-state index contributed by atoms with van der Waals surface area (Å²) in [6.45, 7) is 3.67. The van der Waals surface area contributed by atoms with E-state index in [0.29, 0.717) is 25.4 Å². The van der Waals surface area contributed by atoms with Gasteiger partial charge in [0.15, 0.2) is 11.5 Å². The standard InChI is InChI=1S/C17H21N3O3S/c1-11-10-24-16(19-11)8-18-17(21)20-5-4-12-6-14(22-2)15(23-3)7-13(12)9-20/h6-7,10H,4-5,8-9H2,1-3H3,(H,18,21). The lowest BCUT2D eigenvalue weighted by molar-refractivity contribution is 0.191. The van der Waals surface area contributed by atoms with E-state index in [4.69, 9.17) is 9.47 Å². The van der Waals surface area contributed by atoms with Gasteiger partial charge in [0, 0.05) is 24.2 Å². The van der Waals surface area contributed by atoms with Gasteiger partial charge in [0.05, 0.1) is 20.8 Å². The number of methoxy groups -OCH3 is 2. The van der Waals surface area contributed by atoms with Gasteiger partial charge in [-0.2, -0.15) is 0 Å². The zero-order valence-corrected chi connectivity index (χ0v) is 14.9. The summed E-state index contributed by atoms with van der Waals surface area (Å²) in [5.74, 6) is 1.42. The Hall–Kier alpha value is -2.28. The first-order valence-electron chi connectivity index (χ1n) is 7.78. The summed E-state index contributed by atoms with van der Waals surface area (Å²) in [5, 5.41) is 5.85. The van der Waals surface area contributed by atoms with Crippen LogP contribution in [0.5, 0.6) is 11.5 Å². The smallest absolute Gasteiger partial charge is 0.318 e. The van der Waals surface area contributed by atoms with Gasteiger partial charge in [-0.15, -0.1) is 11.3 Å². The molecule has 0 fully saturated rings. The predicted molar refractivity (Wildman–Crippen MR) is 92.7 cm³/mol. The molecule has 1 aliphatic heterocycles. The minimum Gasteiger partial charge on any atom is -0.493 e. The van der Waals surface area contributed by atoms with E-state index < -0.39 is 0 Å². The van der Waals surface area contributed by atoms with Crippen molar-refractivity contribution in [3.8, 4) is 11.5 Å². The van der Waals surface area contributed by atoms with Gasteiger partial charge in [-0.3, -0.25) is 0 Å². The van der Waals surface area contributed by atoms with Crippen molar-refractivity contribution < 1.29 is 14.3 Å². The van der Waals surface area contributed by atoms with E-state index in [0.717, 1.165) is 28.4 Å². The number of carbonyl (C=O) groups excluding carboxylic acids is 1. The van der Waals surface area contributed by atoms with Gasteiger partial charge < -0.3 is 19.7 Å². The highest BCUT2D eigenvalue weighted by atomic mass is 32.1. The molecule has 24 heavy (non-hydrogen) atoms. The van der Waals surface area contributed by atoms with Crippen LogP contribution in [0.1, 0.15) is 21.8 Å². The molecule has 1 aliphatic rings. The van der Waals surface area contributed by atoms with E-state index in [2.05, 4.69) is 10.3 Å². The number of hydrogen-bond acceptors (Lipinski definition) is 5. The lowest BCUT2D eigenvalue weighted by Crippen LogP contribution is -2.42. The fourth-order valence-electron chi connectivity index (χ4n) is 2.80. The highest BCUT2D eigenvalue weighted by Crippen LogP contribution is 2.33. The molecule has 0 spiro atoms. The first-order chi connectivity index (χ1) is 11.6. The van der Waals surface area contributed by atoms with Crippen molar-refractivity contribution in [3.63, 3.8) is 0 Å². The number of aromatic nitrogens is 1. The molecule has 0 bridgehead atoms. The second-order valence-electron chi connectivity index (χ2n) is 5.69. The number of carbonyl (C=O) groups is 1. The van der Waals surface area contributed by atoms with Crippen LogP contribution in [0.3, 0.4) is 0 Å². The summed E-state index contributed by atoms with van der Waals surface area (Å²) in [6, 6.07) is 3.89. The van der Waals surface area contributed by atoms with E-state index in [1.165, 1.54) is 5.56 Å². The van der Waals surface area contributed by atoms with Gasteiger partial charge in [-0.05, 0) is 36.6 Å². The summed E-state index contributed by atoms with van der Waals surface area (Å²) < 4.78 is 10.7. The van der Waals surface area contributed by atoms with Crippen molar-refractivity contribution in [2.24, 2.45) is 0 Å². The van der Waals surface area contributed by atoms with Gasteiger partial charge in [-0.25, -0.2) is 9.78 Å². The Balaban J connectivity index is 1.66. The number of hydrogen-bond donors (Lipinski definition) is 1. The van der Waals surface area contributed by atoms with E-state index in [1.807, 2.05) is 29.3 Å². The van der Waals surface area contributed by atoms with Crippen LogP contribution in [0.2, 0.25) is 0 Å². The van der Waals surface area contributed by atoms with Gasteiger partial charge in [-0.1, -0.05) is 0 Å². The zero-order valence-electron chi connectivity index (χ0n) is 14.1. The van der Waals surface area contributed by atoms with Gasteiger partial charge in [0.25, 0.3) is 0 Å². The van der Waals surface area contributed by atoms with Crippen LogP contribution in [0.25, 0.3) is 0 Å². The SMILES string of the molecule is COc1cc2c(cc1OC)CN(C(=O)NCc1nc(C)cs1)CC2. The largest absolute Gasteiger partial charge is 0.493 e. The topological polar surface area (TPSA) is 63.7 Å². The summed E-state index contributed by atoms with van der Waals surface area (Å²) in [7, 11) is 3.25. The molecule has 1 N–H and O–H groups in total. The quantitative estimate of drug-likeness (QED) is 0.924. The molecule has 0 saturated heterocycles. The third-order valence-corrected chi connectivity index (χ3v) is 5.03. The van der Waals surface area contributed by atoms with Crippen molar-refractivity contribution in [2.75, 3.05) is 20.8 Å². The van der Waals surface area contributed by atoms with Crippen LogP contribution in [0.15, 0.2) is 17.5 Å². The van der Waals surface area contributed by atoms with Crippen molar-refractivity contribution >= 4 is 17.4 Å². The lowest BCUT2D eigenvalue weighted by Gasteiger charge is -2.29. The molecule has 6 nitrogen and oxygen atoms in total. The third-order valence-electron chi connectivity index (χ3n) is 4.06. The predicted octanol–water partition coefficient (Wildman–Crippen LogP) is 2.74. The molecule has 2 heterocycles. The molecule has 7 heteroatoms. The number of aryl methyl sites for hydroxylation is 1. The van der Waals surface area contributed by atoms with Gasteiger partial charge >= 0.3 is 6.03 Å². The number of urea groups is 1. The first-order valence-corrected chi connectivity index (χ1v) is 8.66. The average Bonchev–Trinajstić information content (AvgIpc) is 3.03. The van der Waals surface area contributed by atoms with E-state index in [1.54, 1.807) is 25.6 Å². The minimum atomic E-state index is -0.0664. The average molecular weight is 347 g/mol. The molecule has 0 saturated carbocycles. The number of rotatable bonds is 4. The molecule has 1 aromatic carbocycles. The Kier molecular flexibility index (Phi) is 4.89. The highest BCUT2D eigenvalue weighted by Gasteiger charge is 2.22. The Labute approximate surface area is 145 Å². The summed E-state index contributed by atoms with van der Waals surface area (Å²) in [6.07, 6.45) is 0.805. The molecule has 0 radical (unpaired) electrons. The van der Waals surface area contributed by atoms with E-state index in [-0.39, 0.29) is 6.03 Å². The molecular weight excluding hydrogens is 326 g/mol. The van der Waals surface area contributed by atoms with Crippen LogP contribution in [-0.2, 0) is 19.5 Å². The van der Waals surface area contributed by atoms with Crippen LogP contribution in [0.4, 0.5) is 4.79 Å². The maximum Gasteiger partial charge on any atom is 0.318 e. The Morgan fingerprint density at radius 3 is 2.62 bits per heavy atom. The van der Waals surface area contributed by atoms with Crippen LogP contribution >= 0.6 is 11.3 Å². The van der Waals surface area contributed by atoms with Crippen molar-refractivity contribution in [3.05, 3.63) is 39.3 Å². The summed E-state index contributed by atoms with van der Waals surface area (Å²) in [4.78, 5) is 18.6. The van der Waals surface area contributed by atoms with Crippen molar-refractivity contribution in [1.82, 2.24) is 15.2 Å². The number of thiazole rings is 1. The molecule has 128 valence electrons. The summed E-state index contributed by atoms with van der Waals surface area (Å²) >= 11 is 1.56. The van der Waals surface area contributed by atoms with Gasteiger partial charge in [0.2, 0.25) is 0 Å². The zero-order chi connectivity index (χ0) is 17.1. The fraction of sp³-hybridized carbons (Fsp3) is 0.412. The number of nitrogens with one attached hydrogen (secondary N) is 1. The number of fused-ring (bicyclic) bond motifs is 1. The Morgan fingerprint density at radius 2 is 2.00 bits per heavy atom. The van der Waals surface area contributed by atoms with E-state index >= 15 is 0 Å². The highest BCUT2D eigenvalue weighted by molar-refractivity contribution is 7.09. The maximum absolute atomic E-state index is 12.4. The molecule has 0 unspecified atom stereocenters. The second kappa shape index (κ2) is 7.09. The molecule has 0 atom stereocenters. The molecule has 0 aliphatic carbocycles. The van der Waals surface area contributed by atoms with E-state index in [9.17, 15) is 4.79 Å². The molecule has 3 rings (SSSR count). The Morgan fingerprint density at radius 1 is 1.29 bits per heavy atom. The number of nitrogens with zero attached hydrogens (tertiary/aromatic N) is 2. The van der Waals surface area contributed by atoms with Crippen LogP contribution in [-0.4, -0.2) is 36.7 Å². The number of benzene rings is 1. The number of amides is 2. The Bertz CT molecular complexity index is 745. The minimum absolute atomic E-state index is 0.0664. The third kappa shape index (κ3) is 3.46. The van der Waals surface area contributed by atoms with Gasteiger partial charge in [0.1, 0.15) is 5.01 Å². The normalized spacial score (nSPS) is 13.4. The van der Waals surface area contributed by atoms with Crippen LogP contribution < -0.4 is 14.8 Å². The second-order valence-corrected chi connectivity index (χ2v) is 6.63. The molecular formula is C17H21N3O3S. The monoisotopic (exact) mass is 347 g/mol. The molecule has 2 amide bonds. The maximum atomic E-state index is 12.4. The fourth-order valence-corrected chi connectivity index (χ4v) is 3.51. The van der Waals surface area contributed by atoms with Crippen molar-refractivity contribution in [2.45, 2.75) is 26.4 Å².